The first-order valence-electron chi connectivity index (χ1n) is 5.30. The molecule has 16 heavy (non-hydrogen) atoms. The van der Waals surface area contributed by atoms with E-state index in [0.717, 1.165) is 28.1 Å². The van der Waals surface area contributed by atoms with Crippen molar-refractivity contribution in [3.63, 3.8) is 0 Å². The van der Waals surface area contributed by atoms with E-state index in [4.69, 9.17) is 11.5 Å². The lowest BCUT2D eigenvalue weighted by Gasteiger charge is -2.09. The average Bonchev–Trinajstić information content (AvgIpc) is 2.26. The van der Waals surface area contributed by atoms with Crippen molar-refractivity contribution < 1.29 is 0 Å². The van der Waals surface area contributed by atoms with Gasteiger partial charge < -0.3 is 11.5 Å². The molecule has 0 saturated carbocycles. The maximum absolute atomic E-state index is 5.98. The molecule has 2 nitrogen and oxygen atoms in total. The van der Waals surface area contributed by atoms with Crippen molar-refractivity contribution in [2.45, 2.75) is 13.8 Å². The van der Waals surface area contributed by atoms with Crippen molar-refractivity contribution in [2.24, 2.45) is 0 Å². The third-order valence-corrected chi connectivity index (χ3v) is 2.79. The van der Waals surface area contributed by atoms with Crippen LogP contribution >= 0.6 is 0 Å². The highest BCUT2D eigenvalue weighted by Gasteiger charge is 2.04. The zero-order chi connectivity index (χ0) is 11.7. The lowest BCUT2D eigenvalue weighted by atomic mass is 9.99. The highest BCUT2D eigenvalue weighted by Crippen LogP contribution is 2.28. The van der Waals surface area contributed by atoms with Gasteiger partial charge in [-0.25, -0.2) is 0 Å². The molecule has 2 heteroatoms. The van der Waals surface area contributed by atoms with Crippen molar-refractivity contribution in [1.82, 2.24) is 0 Å². The summed E-state index contributed by atoms with van der Waals surface area (Å²) in [7, 11) is 0. The van der Waals surface area contributed by atoms with Crippen LogP contribution < -0.4 is 11.5 Å². The first kappa shape index (κ1) is 10.6. The highest BCUT2D eigenvalue weighted by atomic mass is 14.6. The molecule has 0 bridgehead atoms. The largest absolute Gasteiger partial charge is 0.399 e. The summed E-state index contributed by atoms with van der Waals surface area (Å²) in [6.07, 6.45) is 0. The lowest BCUT2D eigenvalue weighted by Crippen LogP contribution is -1.93. The molecule has 2 rings (SSSR count). The summed E-state index contributed by atoms with van der Waals surface area (Å²) in [5.74, 6) is 0. The third-order valence-electron chi connectivity index (χ3n) is 2.79. The molecular weight excluding hydrogens is 196 g/mol. The molecule has 0 saturated heterocycles. The minimum Gasteiger partial charge on any atom is -0.399 e. The van der Waals surface area contributed by atoms with Gasteiger partial charge in [0.1, 0.15) is 0 Å². The maximum Gasteiger partial charge on any atom is 0.0393 e. The molecule has 0 aliphatic rings. The van der Waals surface area contributed by atoms with Gasteiger partial charge in [0.05, 0.1) is 0 Å². The highest BCUT2D eigenvalue weighted by molar-refractivity contribution is 5.78. The van der Waals surface area contributed by atoms with Crippen LogP contribution in [0.3, 0.4) is 0 Å². The number of hydrogen-bond donors (Lipinski definition) is 2. The van der Waals surface area contributed by atoms with Crippen LogP contribution in [-0.4, -0.2) is 0 Å². The quantitative estimate of drug-likeness (QED) is 0.713. The van der Waals surface area contributed by atoms with Crippen LogP contribution in [0.1, 0.15) is 11.1 Å². The molecule has 0 atom stereocenters. The Hall–Kier alpha value is -1.96. The van der Waals surface area contributed by atoms with E-state index >= 15 is 0 Å². The number of benzene rings is 2. The second kappa shape index (κ2) is 3.89. The van der Waals surface area contributed by atoms with Gasteiger partial charge in [0.15, 0.2) is 0 Å². The van der Waals surface area contributed by atoms with E-state index in [-0.39, 0.29) is 0 Å². The Bertz CT molecular complexity index is 530. The third kappa shape index (κ3) is 1.87. The Kier molecular flexibility index (Phi) is 2.57. The SMILES string of the molecule is Cc1ccc(N)c(-c2ccc(N)c(C)c2)c1. The summed E-state index contributed by atoms with van der Waals surface area (Å²) in [6.45, 7) is 4.07. The van der Waals surface area contributed by atoms with E-state index < -0.39 is 0 Å². The van der Waals surface area contributed by atoms with Gasteiger partial charge in [-0.1, -0.05) is 17.7 Å². The van der Waals surface area contributed by atoms with Crippen LogP contribution in [0.2, 0.25) is 0 Å². The zero-order valence-corrected chi connectivity index (χ0v) is 9.62. The topological polar surface area (TPSA) is 52.0 Å². The number of hydrogen-bond acceptors (Lipinski definition) is 2. The Morgan fingerprint density at radius 2 is 1.50 bits per heavy atom. The average molecular weight is 212 g/mol. The molecule has 0 aliphatic carbocycles. The monoisotopic (exact) mass is 212 g/mol. The number of rotatable bonds is 1. The Balaban J connectivity index is 2.58. The van der Waals surface area contributed by atoms with Gasteiger partial charge in [-0.2, -0.15) is 0 Å². The van der Waals surface area contributed by atoms with Crippen LogP contribution in [-0.2, 0) is 0 Å². The van der Waals surface area contributed by atoms with Crippen molar-refractivity contribution in [1.29, 1.82) is 0 Å². The fraction of sp³-hybridized carbons (Fsp3) is 0.143. The first-order valence-corrected chi connectivity index (χ1v) is 5.30. The molecule has 0 aliphatic heterocycles. The summed E-state index contributed by atoms with van der Waals surface area (Å²) >= 11 is 0. The summed E-state index contributed by atoms with van der Waals surface area (Å²) in [4.78, 5) is 0. The van der Waals surface area contributed by atoms with Crippen LogP contribution in [0, 0.1) is 13.8 Å². The smallest absolute Gasteiger partial charge is 0.0393 e. The fourth-order valence-corrected chi connectivity index (χ4v) is 1.76. The molecule has 0 aromatic heterocycles. The second-order valence-electron chi connectivity index (χ2n) is 4.16. The molecule has 0 radical (unpaired) electrons. The Labute approximate surface area is 95.9 Å². The Morgan fingerprint density at radius 3 is 2.19 bits per heavy atom. The molecule has 0 amide bonds. The fourth-order valence-electron chi connectivity index (χ4n) is 1.76. The van der Waals surface area contributed by atoms with Gasteiger partial charge in [0.2, 0.25) is 0 Å². The summed E-state index contributed by atoms with van der Waals surface area (Å²) < 4.78 is 0. The molecule has 82 valence electrons. The van der Waals surface area contributed by atoms with Crippen molar-refractivity contribution >= 4 is 11.4 Å². The molecule has 4 N–H and O–H groups in total. The van der Waals surface area contributed by atoms with Crippen molar-refractivity contribution in [3.05, 3.63) is 47.5 Å². The predicted octanol–water partition coefficient (Wildman–Crippen LogP) is 3.13. The summed E-state index contributed by atoms with van der Waals surface area (Å²) in [6, 6.07) is 12.1. The molecule has 0 heterocycles. The van der Waals surface area contributed by atoms with E-state index in [1.54, 1.807) is 0 Å². The number of nitrogens with two attached hydrogens (primary N) is 2. The minimum absolute atomic E-state index is 0.801. The normalized spacial score (nSPS) is 10.4. The van der Waals surface area contributed by atoms with E-state index in [0.29, 0.717) is 0 Å². The number of anilines is 2. The second-order valence-corrected chi connectivity index (χ2v) is 4.16. The lowest BCUT2D eigenvalue weighted by molar-refractivity contribution is 1.44. The van der Waals surface area contributed by atoms with Gasteiger partial charge >= 0.3 is 0 Å². The van der Waals surface area contributed by atoms with Gasteiger partial charge in [0, 0.05) is 16.9 Å². The maximum atomic E-state index is 5.98. The van der Waals surface area contributed by atoms with E-state index in [1.807, 2.05) is 31.2 Å². The van der Waals surface area contributed by atoms with E-state index in [1.165, 1.54) is 5.56 Å². The van der Waals surface area contributed by atoms with Gasteiger partial charge in [-0.05, 0) is 49.2 Å². The molecule has 0 spiro atoms. The van der Waals surface area contributed by atoms with Gasteiger partial charge in [0.25, 0.3) is 0 Å². The van der Waals surface area contributed by atoms with Gasteiger partial charge in [-0.15, -0.1) is 0 Å². The number of nitrogen functional groups attached to an aromatic ring is 2. The van der Waals surface area contributed by atoms with Crippen LogP contribution in [0.25, 0.3) is 11.1 Å². The van der Waals surface area contributed by atoms with Crippen LogP contribution in [0.15, 0.2) is 36.4 Å². The molecule has 0 fully saturated rings. The number of aryl methyl sites for hydroxylation is 2. The van der Waals surface area contributed by atoms with Crippen LogP contribution in [0.4, 0.5) is 11.4 Å². The summed E-state index contributed by atoms with van der Waals surface area (Å²) in [5.41, 5.74) is 17.9. The Morgan fingerprint density at radius 1 is 0.812 bits per heavy atom. The van der Waals surface area contributed by atoms with Crippen molar-refractivity contribution in [2.75, 3.05) is 11.5 Å². The summed E-state index contributed by atoms with van der Waals surface area (Å²) in [5, 5.41) is 0. The van der Waals surface area contributed by atoms with E-state index in [9.17, 15) is 0 Å². The first-order chi connectivity index (χ1) is 7.58. The minimum atomic E-state index is 0.801. The molecule has 0 unspecified atom stereocenters. The van der Waals surface area contributed by atoms with Crippen molar-refractivity contribution in [3.8, 4) is 11.1 Å². The van der Waals surface area contributed by atoms with E-state index in [2.05, 4.69) is 19.1 Å². The van der Waals surface area contributed by atoms with Crippen LogP contribution in [0.5, 0.6) is 0 Å². The van der Waals surface area contributed by atoms with Gasteiger partial charge in [-0.3, -0.25) is 0 Å². The molecule has 2 aromatic carbocycles. The predicted molar refractivity (Wildman–Crippen MR) is 70.2 cm³/mol. The zero-order valence-electron chi connectivity index (χ0n) is 9.62. The standard InChI is InChI=1S/C14H16N2/c1-9-3-5-14(16)12(7-9)11-4-6-13(15)10(2)8-11/h3-8H,15-16H2,1-2H3. The molecular formula is C14H16N2. The molecule has 2 aromatic rings.